The predicted octanol–water partition coefficient (Wildman–Crippen LogP) is 2.39. The average molecular weight is 308 g/mol. The molecule has 2 N–H and O–H groups in total. The topological polar surface area (TPSA) is 69.6 Å². The maximum Gasteiger partial charge on any atom is 0.412 e. The van der Waals surface area contributed by atoms with Gasteiger partial charge in [0.15, 0.2) is 0 Å². The molecule has 0 bridgehead atoms. The molecular formula is C13H19F3N2O3. The molecule has 0 spiro atoms. The van der Waals surface area contributed by atoms with Gasteiger partial charge < -0.3 is 15.3 Å². The van der Waals surface area contributed by atoms with Gasteiger partial charge in [-0.3, -0.25) is 4.79 Å². The van der Waals surface area contributed by atoms with Gasteiger partial charge in [0.2, 0.25) is 0 Å². The van der Waals surface area contributed by atoms with E-state index in [0.717, 1.165) is 6.08 Å². The van der Waals surface area contributed by atoms with E-state index < -0.39 is 23.7 Å². The highest BCUT2D eigenvalue weighted by Gasteiger charge is 2.35. The number of carbonyl (C=O) groups excluding carboxylic acids is 1. The van der Waals surface area contributed by atoms with Crippen LogP contribution in [0.25, 0.3) is 0 Å². The van der Waals surface area contributed by atoms with Crippen LogP contribution in [0.15, 0.2) is 11.6 Å². The number of hydrogen-bond acceptors (Lipinski definition) is 2. The highest BCUT2D eigenvalue weighted by Crippen LogP contribution is 2.30. The Morgan fingerprint density at radius 3 is 2.57 bits per heavy atom. The van der Waals surface area contributed by atoms with Gasteiger partial charge in [0.25, 0.3) is 0 Å². The van der Waals surface area contributed by atoms with Gasteiger partial charge in [0.1, 0.15) is 0 Å². The number of carboxylic acids is 1. The van der Waals surface area contributed by atoms with E-state index in [1.807, 2.05) is 6.92 Å². The first-order valence-corrected chi connectivity index (χ1v) is 6.74. The summed E-state index contributed by atoms with van der Waals surface area (Å²) in [5, 5.41) is 11.3. The number of carboxylic acid groups (broad SMARTS) is 1. The molecule has 1 heterocycles. The molecule has 1 aliphatic rings. The second-order valence-electron chi connectivity index (χ2n) is 4.98. The second kappa shape index (κ2) is 7.33. The first-order chi connectivity index (χ1) is 9.74. The Morgan fingerprint density at radius 1 is 1.48 bits per heavy atom. The molecule has 1 aliphatic heterocycles. The summed E-state index contributed by atoms with van der Waals surface area (Å²) in [4.78, 5) is 23.7. The van der Waals surface area contributed by atoms with Gasteiger partial charge in [-0.1, -0.05) is 19.4 Å². The van der Waals surface area contributed by atoms with E-state index >= 15 is 0 Å². The number of carbonyl (C=O) groups is 2. The summed E-state index contributed by atoms with van der Waals surface area (Å²) >= 11 is 0. The third-order valence-electron chi connectivity index (χ3n) is 3.44. The molecule has 1 unspecified atom stereocenters. The number of hydrogen-bond donors (Lipinski definition) is 2. The maximum absolute atomic E-state index is 12.4. The highest BCUT2D eigenvalue weighted by atomic mass is 19.4. The first kappa shape index (κ1) is 17.3. The summed E-state index contributed by atoms with van der Waals surface area (Å²) in [6.07, 6.45) is -2.99. The van der Waals surface area contributed by atoms with Crippen molar-refractivity contribution in [3.8, 4) is 0 Å². The van der Waals surface area contributed by atoms with Crippen molar-refractivity contribution >= 4 is 12.0 Å². The number of alkyl halides is 3. The second-order valence-corrected chi connectivity index (χ2v) is 4.98. The third-order valence-corrected chi connectivity index (χ3v) is 3.44. The summed E-state index contributed by atoms with van der Waals surface area (Å²) < 4.78 is 37.3. The lowest BCUT2D eigenvalue weighted by Crippen LogP contribution is -2.44. The molecule has 0 aromatic heterocycles. The molecule has 0 aromatic carbocycles. The zero-order valence-corrected chi connectivity index (χ0v) is 11.7. The van der Waals surface area contributed by atoms with Crippen molar-refractivity contribution in [2.45, 2.75) is 32.4 Å². The van der Waals surface area contributed by atoms with E-state index in [1.165, 1.54) is 4.90 Å². The number of halogens is 3. The van der Waals surface area contributed by atoms with Gasteiger partial charge in [-0.15, -0.1) is 0 Å². The van der Waals surface area contributed by atoms with Crippen molar-refractivity contribution in [2.75, 3.05) is 19.6 Å². The summed E-state index contributed by atoms with van der Waals surface area (Å²) in [7, 11) is 0. The van der Waals surface area contributed by atoms with Crippen LogP contribution in [0.5, 0.6) is 0 Å². The SMILES string of the molecule is CCC(CNC(=O)N1CC=C(C(F)(F)F)CC1)CC(=O)O. The maximum atomic E-state index is 12.4. The molecule has 0 saturated heterocycles. The van der Waals surface area contributed by atoms with Crippen LogP contribution < -0.4 is 5.32 Å². The average Bonchev–Trinajstić information content (AvgIpc) is 2.41. The zero-order chi connectivity index (χ0) is 16.0. The van der Waals surface area contributed by atoms with E-state index in [0.29, 0.717) is 6.42 Å². The van der Waals surface area contributed by atoms with Crippen LogP contribution in [0.4, 0.5) is 18.0 Å². The molecule has 21 heavy (non-hydrogen) atoms. The molecule has 5 nitrogen and oxygen atoms in total. The van der Waals surface area contributed by atoms with Gasteiger partial charge in [0.05, 0.1) is 0 Å². The van der Waals surface area contributed by atoms with E-state index in [4.69, 9.17) is 5.11 Å². The Kier molecular flexibility index (Phi) is 6.04. The number of urea groups is 1. The fourth-order valence-corrected chi connectivity index (χ4v) is 2.06. The van der Waals surface area contributed by atoms with Gasteiger partial charge in [-0.05, 0) is 12.3 Å². The molecule has 0 aromatic rings. The summed E-state index contributed by atoms with van der Waals surface area (Å²) in [5.41, 5.74) is -0.608. The van der Waals surface area contributed by atoms with Gasteiger partial charge in [0, 0.05) is 31.6 Å². The summed E-state index contributed by atoms with van der Waals surface area (Å²) in [6.45, 7) is 1.94. The minimum atomic E-state index is -4.34. The van der Waals surface area contributed by atoms with Crippen LogP contribution in [0, 0.1) is 5.92 Å². The zero-order valence-electron chi connectivity index (χ0n) is 11.7. The molecule has 1 atom stereocenters. The minimum absolute atomic E-state index is 0.00684. The normalized spacial score (nSPS) is 17.1. The molecule has 0 saturated carbocycles. The molecule has 1 rings (SSSR count). The molecule has 0 fully saturated rings. The fraction of sp³-hybridized carbons (Fsp3) is 0.692. The van der Waals surface area contributed by atoms with Crippen molar-refractivity contribution in [1.82, 2.24) is 10.2 Å². The van der Waals surface area contributed by atoms with Crippen molar-refractivity contribution in [2.24, 2.45) is 5.92 Å². The number of amides is 2. The van der Waals surface area contributed by atoms with Crippen LogP contribution in [-0.4, -0.2) is 47.8 Å². The number of nitrogens with one attached hydrogen (secondary N) is 1. The van der Waals surface area contributed by atoms with E-state index in [-0.39, 0.29) is 38.4 Å². The van der Waals surface area contributed by atoms with Gasteiger partial charge in [-0.2, -0.15) is 13.2 Å². The standard InChI is InChI=1S/C13H19F3N2O3/c1-2-9(7-11(19)20)8-17-12(21)18-5-3-10(4-6-18)13(14,15)16/h3,9H,2,4-8H2,1H3,(H,17,21)(H,19,20). The van der Waals surface area contributed by atoms with Crippen LogP contribution in [0.3, 0.4) is 0 Å². The summed E-state index contributed by atoms with van der Waals surface area (Å²) in [5.74, 6) is -1.12. The van der Waals surface area contributed by atoms with Crippen molar-refractivity contribution in [3.05, 3.63) is 11.6 Å². The highest BCUT2D eigenvalue weighted by molar-refractivity contribution is 5.74. The van der Waals surface area contributed by atoms with Crippen LogP contribution in [0.2, 0.25) is 0 Å². The number of rotatable bonds is 5. The molecule has 8 heteroatoms. The van der Waals surface area contributed by atoms with Crippen LogP contribution >= 0.6 is 0 Å². The van der Waals surface area contributed by atoms with E-state index in [1.54, 1.807) is 0 Å². The van der Waals surface area contributed by atoms with Gasteiger partial charge >= 0.3 is 18.2 Å². The Morgan fingerprint density at radius 2 is 2.14 bits per heavy atom. The lowest BCUT2D eigenvalue weighted by atomic mass is 10.0. The lowest BCUT2D eigenvalue weighted by molar-refractivity contribution is -0.138. The van der Waals surface area contributed by atoms with Crippen molar-refractivity contribution < 1.29 is 27.9 Å². The molecule has 120 valence electrons. The summed E-state index contributed by atoms with van der Waals surface area (Å²) in [6, 6.07) is -0.462. The Hall–Kier alpha value is -1.73. The van der Waals surface area contributed by atoms with Gasteiger partial charge in [-0.25, -0.2) is 4.79 Å². The Labute approximate surface area is 120 Å². The molecular weight excluding hydrogens is 289 g/mol. The molecule has 2 amide bonds. The molecule has 0 aliphatic carbocycles. The van der Waals surface area contributed by atoms with Crippen molar-refractivity contribution in [3.63, 3.8) is 0 Å². The smallest absolute Gasteiger partial charge is 0.412 e. The number of nitrogens with zero attached hydrogens (tertiary/aromatic N) is 1. The third kappa shape index (κ3) is 5.65. The minimum Gasteiger partial charge on any atom is -0.481 e. The monoisotopic (exact) mass is 308 g/mol. The van der Waals surface area contributed by atoms with E-state index in [2.05, 4.69) is 5.32 Å². The predicted molar refractivity (Wildman–Crippen MR) is 69.8 cm³/mol. The molecule has 0 radical (unpaired) electrons. The van der Waals surface area contributed by atoms with Crippen LogP contribution in [0.1, 0.15) is 26.2 Å². The van der Waals surface area contributed by atoms with Crippen molar-refractivity contribution in [1.29, 1.82) is 0 Å². The fourth-order valence-electron chi connectivity index (χ4n) is 2.06. The Balaban J connectivity index is 2.44. The largest absolute Gasteiger partial charge is 0.481 e. The Bertz CT molecular complexity index is 421. The number of aliphatic carboxylic acids is 1. The first-order valence-electron chi connectivity index (χ1n) is 6.74. The van der Waals surface area contributed by atoms with Crippen LogP contribution in [-0.2, 0) is 4.79 Å². The van der Waals surface area contributed by atoms with E-state index in [9.17, 15) is 22.8 Å². The quantitative estimate of drug-likeness (QED) is 0.766. The lowest BCUT2D eigenvalue weighted by Gasteiger charge is -2.28.